The second-order valence-corrected chi connectivity index (χ2v) is 6.60. The van der Waals surface area contributed by atoms with Gasteiger partial charge in [-0.1, -0.05) is 38.1 Å². The van der Waals surface area contributed by atoms with Crippen molar-refractivity contribution in [1.82, 2.24) is 5.32 Å². The molecule has 0 aromatic heterocycles. The fraction of sp³-hybridized carbons (Fsp3) is 0.333. The molecule has 2 aromatic carbocycles. The Kier molecular flexibility index (Phi) is 6.78. The lowest BCUT2D eigenvalue weighted by atomic mass is 10.1. The van der Waals surface area contributed by atoms with Crippen molar-refractivity contribution < 1.29 is 14.3 Å². The number of aryl methyl sites for hydroxylation is 1. The van der Waals surface area contributed by atoms with E-state index in [1.165, 1.54) is 0 Å². The minimum absolute atomic E-state index is 0.0188. The lowest BCUT2D eigenvalue weighted by Gasteiger charge is -2.11. The molecule has 5 heteroatoms. The molecular formula is C21H26N2O3. The molecule has 0 radical (unpaired) electrons. The van der Waals surface area contributed by atoms with Crippen molar-refractivity contribution >= 4 is 17.5 Å². The predicted molar refractivity (Wildman–Crippen MR) is 103 cm³/mol. The molecule has 0 atom stereocenters. The van der Waals surface area contributed by atoms with Crippen LogP contribution in [0.3, 0.4) is 0 Å². The van der Waals surface area contributed by atoms with Crippen LogP contribution in [0.2, 0.25) is 0 Å². The maximum absolute atomic E-state index is 12.0. The molecule has 0 saturated heterocycles. The first-order valence-electron chi connectivity index (χ1n) is 8.72. The molecule has 138 valence electrons. The van der Waals surface area contributed by atoms with Crippen molar-refractivity contribution in [2.24, 2.45) is 5.92 Å². The van der Waals surface area contributed by atoms with Gasteiger partial charge in [-0.2, -0.15) is 0 Å². The van der Waals surface area contributed by atoms with E-state index in [0.29, 0.717) is 6.54 Å². The number of benzene rings is 2. The van der Waals surface area contributed by atoms with Crippen molar-refractivity contribution in [3.05, 3.63) is 59.2 Å². The number of carbonyl (C=O) groups is 2. The van der Waals surface area contributed by atoms with Gasteiger partial charge in [0.15, 0.2) is 6.61 Å². The first kappa shape index (κ1) is 19.5. The molecule has 2 rings (SSSR count). The summed E-state index contributed by atoms with van der Waals surface area (Å²) in [4.78, 5) is 23.6. The molecule has 2 amide bonds. The van der Waals surface area contributed by atoms with E-state index in [1.54, 1.807) is 0 Å². The smallest absolute Gasteiger partial charge is 0.258 e. The molecule has 2 aromatic rings. The van der Waals surface area contributed by atoms with E-state index in [2.05, 4.69) is 10.6 Å². The Hall–Kier alpha value is -2.82. The minimum Gasteiger partial charge on any atom is -0.483 e. The summed E-state index contributed by atoms with van der Waals surface area (Å²) in [6, 6.07) is 13.2. The highest BCUT2D eigenvalue weighted by atomic mass is 16.5. The van der Waals surface area contributed by atoms with Gasteiger partial charge in [0, 0.05) is 18.2 Å². The SMILES string of the molecule is Cc1cccc(OCC(=O)NCc2ccc(NC(=O)C(C)C)cc2)c1C. The summed E-state index contributed by atoms with van der Waals surface area (Å²) in [7, 11) is 0. The van der Waals surface area contributed by atoms with Gasteiger partial charge >= 0.3 is 0 Å². The summed E-state index contributed by atoms with van der Waals surface area (Å²) >= 11 is 0. The first-order valence-corrected chi connectivity index (χ1v) is 8.72. The molecular weight excluding hydrogens is 328 g/mol. The van der Waals surface area contributed by atoms with Gasteiger partial charge in [-0.15, -0.1) is 0 Å². The van der Waals surface area contributed by atoms with Gasteiger partial charge in [0.1, 0.15) is 5.75 Å². The summed E-state index contributed by atoms with van der Waals surface area (Å²) < 4.78 is 5.59. The van der Waals surface area contributed by atoms with Gasteiger partial charge in [0.05, 0.1) is 0 Å². The van der Waals surface area contributed by atoms with Crippen molar-refractivity contribution in [2.45, 2.75) is 34.2 Å². The molecule has 0 saturated carbocycles. The molecule has 0 fully saturated rings. The number of amides is 2. The Morgan fingerprint density at radius 3 is 2.38 bits per heavy atom. The van der Waals surface area contributed by atoms with Crippen LogP contribution in [-0.4, -0.2) is 18.4 Å². The Labute approximate surface area is 154 Å². The fourth-order valence-corrected chi connectivity index (χ4v) is 2.27. The monoisotopic (exact) mass is 354 g/mol. The third-order valence-corrected chi connectivity index (χ3v) is 4.15. The van der Waals surface area contributed by atoms with Crippen LogP contribution in [0.4, 0.5) is 5.69 Å². The molecule has 0 bridgehead atoms. The number of ether oxygens (including phenoxy) is 1. The normalized spacial score (nSPS) is 10.5. The van der Waals surface area contributed by atoms with Gasteiger partial charge in [0.2, 0.25) is 5.91 Å². The zero-order chi connectivity index (χ0) is 19.1. The fourth-order valence-electron chi connectivity index (χ4n) is 2.27. The van der Waals surface area contributed by atoms with E-state index < -0.39 is 0 Å². The average Bonchev–Trinajstić information content (AvgIpc) is 2.62. The summed E-state index contributed by atoms with van der Waals surface area (Å²) in [5, 5.41) is 5.67. The molecule has 0 heterocycles. The Balaban J connectivity index is 1.80. The zero-order valence-electron chi connectivity index (χ0n) is 15.8. The Morgan fingerprint density at radius 2 is 1.73 bits per heavy atom. The van der Waals surface area contributed by atoms with Crippen LogP contribution in [0, 0.1) is 19.8 Å². The second-order valence-electron chi connectivity index (χ2n) is 6.60. The largest absolute Gasteiger partial charge is 0.483 e. The van der Waals surface area contributed by atoms with E-state index in [9.17, 15) is 9.59 Å². The zero-order valence-corrected chi connectivity index (χ0v) is 15.8. The van der Waals surface area contributed by atoms with E-state index in [1.807, 2.05) is 70.2 Å². The minimum atomic E-state index is -0.178. The molecule has 0 aliphatic rings. The summed E-state index contributed by atoms with van der Waals surface area (Å²) in [6.45, 7) is 8.07. The van der Waals surface area contributed by atoms with Gasteiger partial charge in [0.25, 0.3) is 5.91 Å². The number of anilines is 1. The highest BCUT2D eigenvalue weighted by molar-refractivity contribution is 5.92. The van der Waals surface area contributed by atoms with Gasteiger partial charge in [-0.05, 0) is 48.7 Å². The van der Waals surface area contributed by atoms with E-state index in [0.717, 1.165) is 28.1 Å². The molecule has 0 aliphatic carbocycles. The van der Waals surface area contributed by atoms with Crippen LogP contribution < -0.4 is 15.4 Å². The van der Waals surface area contributed by atoms with Crippen LogP contribution in [0.15, 0.2) is 42.5 Å². The van der Waals surface area contributed by atoms with Crippen molar-refractivity contribution in [3.8, 4) is 5.75 Å². The predicted octanol–water partition coefficient (Wildman–Crippen LogP) is 3.59. The lowest BCUT2D eigenvalue weighted by molar-refractivity contribution is -0.123. The topological polar surface area (TPSA) is 67.4 Å². The van der Waals surface area contributed by atoms with Crippen molar-refractivity contribution in [3.63, 3.8) is 0 Å². The van der Waals surface area contributed by atoms with Gasteiger partial charge < -0.3 is 15.4 Å². The van der Waals surface area contributed by atoms with Crippen LogP contribution in [0.1, 0.15) is 30.5 Å². The molecule has 0 spiro atoms. The highest BCUT2D eigenvalue weighted by Gasteiger charge is 2.08. The third kappa shape index (κ3) is 5.62. The van der Waals surface area contributed by atoms with Crippen LogP contribution in [0.25, 0.3) is 0 Å². The van der Waals surface area contributed by atoms with Gasteiger partial charge in [-0.3, -0.25) is 9.59 Å². The number of nitrogens with one attached hydrogen (secondary N) is 2. The van der Waals surface area contributed by atoms with E-state index in [-0.39, 0.29) is 24.3 Å². The standard InChI is InChI=1S/C21H26N2O3/c1-14(2)21(25)23-18-10-8-17(9-11-18)12-22-20(24)13-26-19-7-5-6-15(3)16(19)4/h5-11,14H,12-13H2,1-4H3,(H,22,24)(H,23,25). The summed E-state index contributed by atoms with van der Waals surface area (Å²) in [5.74, 6) is 0.467. The molecule has 2 N–H and O–H groups in total. The molecule has 0 unspecified atom stereocenters. The molecule has 26 heavy (non-hydrogen) atoms. The number of hydrogen-bond acceptors (Lipinski definition) is 3. The van der Waals surface area contributed by atoms with Crippen LogP contribution >= 0.6 is 0 Å². The first-order chi connectivity index (χ1) is 12.4. The second kappa shape index (κ2) is 9.04. The van der Waals surface area contributed by atoms with E-state index in [4.69, 9.17) is 4.74 Å². The lowest BCUT2D eigenvalue weighted by Crippen LogP contribution is -2.28. The number of rotatable bonds is 7. The van der Waals surface area contributed by atoms with Crippen molar-refractivity contribution in [1.29, 1.82) is 0 Å². The molecule has 5 nitrogen and oxygen atoms in total. The quantitative estimate of drug-likeness (QED) is 0.798. The highest BCUT2D eigenvalue weighted by Crippen LogP contribution is 2.20. The third-order valence-electron chi connectivity index (χ3n) is 4.15. The number of hydrogen-bond donors (Lipinski definition) is 2. The van der Waals surface area contributed by atoms with Gasteiger partial charge in [-0.25, -0.2) is 0 Å². The van der Waals surface area contributed by atoms with Crippen molar-refractivity contribution in [2.75, 3.05) is 11.9 Å². The Morgan fingerprint density at radius 1 is 1.04 bits per heavy atom. The van der Waals surface area contributed by atoms with E-state index >= 15 is 0 Å². The average molecular weight is 354 g/mol. The summed E-state index contributed by atoms with van der Waals surface area (Å²) in [6.07, 6.45) is 0. The Bertz CT molecular complexity index is 767. The maximum Gasteiger partial charge on any atom is 0.258 e. The van der Waals surface area contributed by atoms with Crippen LogP contribution in [-0.2, 0) is 16.1 Å². The maximum atomic E-state index is 12.0. The van der Waals surface area contributed by atoms with Crippen LogP contribution in [0.5, 0.6) is 5.75 Å². The summed E-state index contributed by atoms with van der Waals surface area (Å²) in [5.41, 5.74) is 3.87. The molecule has 0 aliphatic heterocycles. The number of carbonyl (C=O) groups excluding carboxylic acids is 2.